The van der Waals surface area contributed by atoms with Gasteiger partial charge in [0.2, 0.25) is 0 Å². The Bertz CT molecular complexity index is 1420. The van der Waals surface area contributed by atoms with Crippen LogP contribution in [0.5, 0.6) is 0 Å². The average Bonchev–Trinajstić information content (AvgIpc) is 3.50. The van der Waals surface area contributed by atoms with E-state index in [2.05, 4.69) is 43.3 Å². The summed E-state index contributed by atoms with van der Waals surface area (Å²) in [6, 6.07) is 1.90. The van der Waals surface area contributed by atoms with Crippen LogP contribution in [0.4, 0.5) is 9.18 Å². The molecule has 1 aliphatic rings. The zero-order valence-corrected chi connectivity index (χ0v) is 26.0. The van der Waals surface area contributed by atoms with E-state index in [0.29, 0.717) is 41.2 Å². The van der Waals surface area contributed by atoms with E-state index >= 15 is 4.39 Å². The van der Waals surface area contributed by atoms with Crippen LogP contribution in [-0.2, 0) is 31.9 Å². The van der Waals surface area contributed by atoms with Gasteiger partial charge in [-0.1, -0.05) is 13.0 Å². The summed E-state index contributed by atoms with van der Waals surface area (Å²) in [5.41, 5.74) is 4.42. The molecule has 2 amide bonds. The van der Waals surface area contributed by atoms with Crippen LogP contribution in [-0.4, -0.2) is 64.3 Å². The number of thiazole rings is 1. The van der Waals surface area contributed by atoms with Gasteiger partial charge in [-0.15, -0.1) is 11.3 Å². The zero-order valence-electron chi connectivity index (χ0n) is 23.0. The summed E-state index contributed by atoms with van der Waals surface area (Å²) >= 11 is 3.44. The highest BCUT2D eigenvalue weighted by Gasteiger charge is 2.34. The highest BCUT2D eigenvalue weighted by Crippen LogP contribution is 2.33. The monoisotopic (exact) mass is 685 g/mol. The van der Waals surface area contributed by atoms with Crippen molar-refractivity contribution < 1.29 is 28.2 Å². The van der Waals surface area contributed by atoms with E-state index in [0.717, 1.165) is 21.1 Å². The van der Waals surface area contributed by atoms with Gasteiger partial charge in [0.25, 0.3) is 5.91 Å². The molecule has 3 N–H and O–H groups in total. The quantitative estimate of drug-likeness (QED) is 0.243. The number of hydrogen-bond acceptors (Lipinski definition) is 8. The van der Waals surface area contributed by atoms with Crippen molar-refractivity contribution in [3.8, 4) is 11.3 Å². The molecule has 10 nitrogen and oxygen atoms in total. The first-order valence-corrected chi connectivity index (χ1v) is 15.0. The van der Waals surface area contributed by atoms with E-state index < -0.39 is 41.5 Å². The molecule has 0 spiro atoms. The third-order valence-electron chi connectivity index (χ3n) is 6.45. The number of aromatic nitrogens is 2. The van der Waals surface area contributed by atoms with Gasteiger partial charge in [0, 0.05) is 29.3 Å². The SMILES string of the molecule is CCc1c(I)[nH]c2c(F)c(-c3csc(C[C@H](NC(=O)OC(C)(C)C)C(=O)N4CCC[C@@H](C(=O)OC)N4)n3)ccc12. The third-order valence-corrected chi connectivity index (χ3v) is 8.25. The number of ether oxygens (including phenoxy) is 2. The first kappa shape index (κ1) is 30.2. The van der Waals surface area contributed by atoms with Crippen LogP contribution in [0.1, 0.15) is 51.1 Å². The number of carbonyl (C=O) groups is 3. The number of amides is 2. The number of aryl methyl sites for hydroxylation is 1. The van der Waals surface area contributed by atoms with Gasteiger partial charge in [0.05, 0.1) is 27.0 Å². The predicted octanol–water partition coefficient (Wildman–Crippen LogP) is 4.70. The van der Waals surface area contributed by atoms with Gasteiger partial charge in [-0.3, -0.25) is 14.6 Å². The number of hydrazine groups is 1. The lowest BCUT2D eigenvalue weighted by atomic mass is 10.1. The van der Waals surface area contributed by atoms with Crippen LogP contribution < -0.4 is 10.7 Å². The average molecular weight is 686 g/mol. The standard InChI is InChI=1S/C27H33FIN5O5S/c1-6-14-15-9-10-16(21(28)22(15)32-23(14)29)19-13-40-20(30-19)12-18(31-26(37)39-27(2,3)4)24(35)34-11-7-8-17(33-34)25(36)38-5/h9-10,13,17-18,32-33H,6-8,11-12H2,1-5H3,(H,31,37)/t17-,18-/m0/s1. The Labute approximate surface area is 249 Å². The Balaban J connectivity index is 1.58. The molecule has 216 valence electrons. The van der Waals surface area contributed by atoms with E-state index in [1.54, 1.807) is 32.2 Å². The Morgan fingerprint density at radius 3 is 2.75 bits per heavy atom. The summed E-state index contributed by atoms with van der Waals surface area (Å²) in [5.74, 6) is -1.31. The summed E-state index contributed by atoms with van der Waals surface area (Å²) in [4.78, 5) is 46.0. The van der Waals surface area contributed by atoms with E-state index in [4.69, 9.17) is 9.47 Å². The van der Waals surface area contributed by atoms with E-state index in [1.807, 2.05) is 13.0 Å². The van der Waals surface area contributed by atoms with Gasteiger partial charge < -0.3 is 19.8 Å². The second-order valence-corrected chi connectivity index (χ2v) is 12.5. The van der Waals surface area contributed by atoms with Crippen LogP contribution in [0.3, 0.4) is 0 Å². The molecule has 1 aliphatic heterocycles. The minimum atomic E-state index is -1.04. The number of carbonyl (C=O) groups excluding carboxylic acids is 3. The smallest absolute Gasteiger partial charge is 0.408 e. The summed E-state index contributed by atoms with van der Waals surface area (Å²) in [6.07, 6.45) is 1.18. The molecule has 0 unspecified atom stereocenters. The predicted molar refractivity (Wildman–Crippen MR) is 158 cm³/mol. The Hall–Kier alpha value is -2.78. The van der Waals surface area contributed by atoms with E-state index in [1.165, 1.54) is 23.5 Å². The first-order chi connectivity index (χ1) is 18.9. The van der Waals surface area contributed by atoms with Crippen molar-refractivity contribution in [3.05, 3.63) is 37.6 Å². The molecule has 3 heterocycles. The lowest BCUT2D eigenvalue weighted by Gasteiger charge is -2.34. The lowest BCUT2D eigenvalue weighted by molar-refractivity contribution is -0.150. The Morgan fingerprint density at radius 2 is 2.08 bits per heavy atom. The molecule has 1 fully saturated rings. The van der Waals surface area contributed by atoms with E-state index in [-0.39, 0.29) is 6.42 Å². The summed E-state index contributed by atoms with van der Waals surface area (Å²) in [6.45, 7) is 7.56. The number of nitrogens with one attached hydrogen (secondary N) is 3. The normalized spacial score (nSPS) is 16.6. The third kappa shape index (κ3) is 6.74. The fourth-order valence-corrected chi connectivity index (χ4v) is 6.38. The maximum atomic E-state index is 15.5. The number of alkyl carbamates (subject to hydrolysis) is 1. The van der Waals surface area contributed by atoms with Crippen molar-refractivity contribution in [1.82, 2.24) is 25.7 Å². The molecule has 0 bridgehead atoms. The molecule has 0 radical (unpaired) electrons. The fraction of sp³-hybridized carbons (Fsp3) is 0.481. The molecule has 1 saturated heterocycles. The largest absolute Gasteiger partial charge is 0.468 e. The number of halogens is 2. The van der Waals surface area contributed by atoms with Crippen molar-refractivity contribution in [3.63, 3.8) is 0 Å². The van der Waals surface area contributed by atoms with Gasteiger partial charge in [0.1, 0.15) is 17.7 Å². The Morgan fingerprint density at radius 1 is 1.32 bits per heavy atom. The van der Waals surface area contributed by atoms with Crippen molar-refractivity contribution >= 4 is 62.8 Å². The fourth-order valence-electron chi connectivity index (χ4n) is 4.59. The van der Waals surface area contributed by atoms with Gasteiger partial charge >= 0.3 is 12.1 Å². The lowest BCUT2D eigenvalue weighted by Crippen LogP contribution is -2.60. The Kier molecular flexibility index (Phi) is 9.35. The van der Waals surface area contributed by atoms with Crippen LogP contribution in [0.25, 0.3) is 22.2 Å². The van der Waals surface area contributed by atoms with Crippen molar-refractivity contribution in [1.29, 1.82) is 0 Å². The molecular formula is C27H33FIN5O5S. The molecule has 40 heavy (non-hydrogen) atoms. The maximum Gasteiger partial charge on any atom is 0.408 e. The molecule has 4 rings (SSSR count). The van der Waals surface area contributed by atoms with Gasteiger partial charge in [-0.05, 0) is 74.3 Å². The van der Waals surface area contributed by atoms with Crippen molar-refractivity contribution in [2.24, 2.45) is 0 Å². The number of methoxy groups -OCH3 is 1. The molecule has 2 aromatic heterocycles. The van der Waals surface area contributed by atoms with Crippen LogP contribution >= 0.6 is 33.9 Å². The summed E-state index contributed by atoms with van der Waals surface area (Å²) < 4.78 is 26.6. The van der Waals surface area contributed by atoms with Crippen molar-refractivity contribution in [2.75, 3.05) is 13.7 Å². The number of hydrogen-bond donors (Lipinski definition) is 3. The minimum absolute atomic E-state index is 0.0497. The summed E-state index contributed by atoms with van der Waals surface area (Å²) in [5, 5.41) is 7.09. The molecule has 3 aromatic rings. The number of esters is 1. The molecular weight excluding hydrogens is 652 g/mol. The molecule has 2 atom stereocenters. The number of nitrogens with zero attached hydrogens (tertiary/aromatic N) is 2. The first-order valence-electron chi connectivity index (χ1n) is 13.0. The topological polar surface area (TPSA) is 126 Å². The highest BCUT2D eigenvalue weighted by atomic mass is 127. The van der Waals surface area contributed by atoms with Crippen LogP contribution in [0.15, 0.2) is 17.5 Å². The van der Waals surface area contributed by atoms with E-state index in [9.17, 15) is 14.4 Å². The molecule has 13 heteroatoms. The number of rotatable bonds is 7. The number of aromatic amines is 1. The number of fused-ring (bicyclic) bond motifs is 1. The minimum Gasteiger partial charge on any atom is -0.468 e. The molecule has 0 aliphatic carbocycles. The number of H-pyrrole nitrogens is 1. The van der Waals surface area contributed by atoms with Crippen LogP contribution in [0, 0.1) is 9.52 Å². The number of benzene rings is 1. The molecule has 0 saturated carbocycles. The van der Waals surface area contributed by atoms with Gasteiger partial charge in [-0.25, -0.2) is 19.6 Å². The van der Waals surface area contributed by atoms with Crippen molar-refractivity contribution in [2.45, 2.75) is 71.1 Å². The van der Waals surface area contributed by atoms with Crippen LogP contribution in [0.2, 0.25) is 0 Å². The second-order valence-electron chi connectivity index (χ2n) is 10.5. The second kappa shape index (κ2) is 12.4. The summed E-state index contributed by atoms with van der Waals surface area (Å²) in [7, 11) is 1.29. The zero-order chi connectivity index (χ0) is 29.2. The highest BCUT2D eigenvalue weighted by molar-refractivity contribution is 14.1. The van der Waals surface area contributed by atoms with Gasteiger partial charge in [0.15, 0.2) is 5.82 Å². The molecule has 1 aromatic carbocycles. The van der Waals surface area contributed by atoms with Gasteiger partial charge in [-0.2, -0.15) is 0 Å². The maximum absolute atomic E-state index is 15.5.